The van der Waals surface area contributed by atoms with E-state index in [0.29, 0.717) is 31.1 Å². The van der Waals surface area contributed by atoms with Gasteiger partial charge in [-0.2, -0.15) is 0 Å². The van der Waals surface area contributed by atoms with Crippen LogP contribution in [-0.2, 0) is 11.3 Å². The van der Waals surface area contributed by atoms with Crippen LogP contribution < -0.4 is 9.47 Å². The average Bonchev–Trinajstić information content (AvgIpc) is 3.41. The van der Waals surface area contributed by atoms with Gasteiger partial charge in [0.1, 0.15) is 11.3 Å². The summed E-state index contributed by atoms with van der Waals surface area (Å²) in [7, 11) is 1.80. The fourth-order valence-corrected chi connectivity index (χ4v) is 4.13. The van der Waals surface area contributed by atoms with E-state index in [1.54, 1.807) is 16.8 Å². The molecular weight excluding hydrogens is 410 g/mol. The largest absolute Gasteiger partial charge is 0.454 e. The molecule has 172 valence electrons. The summed E-state index contributed by atoms with van der Waals surface area (Å²) in [5.74, 6) is 1.40. The summed E-state index contributed by atoms with van der Waals surface area (Å²) < 4.78 is 18.3. The number of fused-ring (bicyclic) bond motifs is 1. The molecule has 2 aliphatic heterocycles. The number of likely N-dealkylation sites (tertiary alicyclic amines) is 1. The minimum atomic E-state index is -0.503. The average molecular weight is 442 g/mol. The van der Waals surface area contributed by atoms with Gasteiger partial charge in [0.05, 0.1) is 0 Å². The number of benzene rings is 1. The molecule has 0 N–H and O–H groups in total. The van der Waals surface area contributed by atoms with Crippen molar-refractivity contribution >= 4 is 12.0 Å². The number of carbonyl (C=O) groups is 2. The van der Waals surface area contributed by atoms with Gasteiger partial charge in [-0.3, -0.25) is 4.79 Å². The Labute approximate surface area is 188 Å². The molecule has 32 heavy (non-hydrogen) atoms. The van der Waals surface area contributed by atoms with Crippen molar-refractivity contribution in [2.24, 2.45) is 0 Å². The number of carbonyl (C=O) groups excluding carboxylic acids is 2. The Bertz CT molecular complexity index is 986. The summed E-state index contributed by atoms with van der Waals surface area (Å²) in [6, 6.07) is 9.67. The number of piperidine rings is 1. The van der Waals surface area contributed by atoms with E-state index in [2.05, 4.69) is 0 Å². The van der Waals surface area contributed by atoms with Crippen LogP contribution in [0.25, 0.3) is 0 Å². The number of aromatic nitrogens is 1. The van der Waals surface area contributed by atoms with E-state index in [-0.39, 0.29) is 24.8 Å². The highest BCUT2D eigenvalue weighted by Gasteiger charge is 2.29. The van der Waals surface area contributed by atoms with Crippen LogP contribution in [0.1, 0.15) is 55.7 Å². The number of hydrogen-bond acceptors (Lipinski definition) is 5. The Morgan fingerprint density at radius 2 is 1.84 bits per heavy atom. The van der Waals surface area contributed by atoms with E-state index < -0.39 is 5.60 Å². The fraction of sp³-hybridized carbons (Fsp3) is 0.500. The molecule has 3 heterocycles. The zero-order valence-corrected chi connectivity index (χ0v) is 19.2. The van der Waals surface area contributed by atoms with Crippen molar-refractivity contribution in [3.8, 4) is 11.5 Å². The second kappa shape index (κ2) is 8.76. The maximum absolute atomic E-state index is 13.2. The van der Waals surface area contributed by atoms with Crippen LogP contribution in [0, 0.1) is 0 Å². The van der Waals surface area contributed by atoms with Gasteiger partial charge in [0, 0.05) is 38.9 Å². The van der Waals surface area contributed by atoms with Crippen molar-refractivity contribution in [3.63, 3.8) is 0 Å². The van der Waals surface area contributed by atoms with E-state index in [0.717, 1.165) is 24.2 Å². The summed E-state index contributed by atoms with van der Waals surface area (Å²) in [6.07, 6.45) is 3.23. The molecule has 0 radical (unpaired) electrons. The van der Waals surface area contributed by atoms with Gasteiger partial charge in [-0.05, 0) is 63.4 Å². The molecule has 0 bridgehead atoms. The Hall–Kier alpha value is -3.16. The molecule has 0 aliphatic carbocycles. The lowest BCUT2D eigenvalue weighted by atomic mass is 10.0. The number of rotatable bonds is 4. The Kier molecular flexibility index (Phi) is 6.04. The molecule has 0 spiro atoms. The molecule has 8 nitrogen and oxygen atoms in total. The van der Waals surface area contributed by atoms with Crippen LogP contribution in [0.15, 0.2) is 36.5 Å². The smallest absolute Gasteiger partial charge is 0.410 e. The van der Waals surface area contributed by atoms with Gasteiger partial charge in [-0.15, -0.1) is 0 Å². The van der Waals surface area contributed by atoms with Gasteiger partial charge in [-0.1, -0.05) is 6.07 Å². The number of hydrogen-bond donors (Lipinski definition) is 0. The Morgan fingerprint density at radius 3 is 2.56 bits per heavy atom. The van der Waals surface area contributed by atoms with Crippen LogP contribution in [0.5, 0.6) is 11.5 Å². The van der Waals surface area contributed by atoms with E-state index in [1.165, 1.54) is 0 Å². The summed E-state index contributed by atoms with van der Waals surface area (Å²) >= 11 is 0. The van der Waals surface area contributed by atoms with Crippen molar-refractivity contribution in [1.29, 1.82) is 0 Å². The third-order valence-corrected chi connectivity index (χ3v) is 5.71. The lowest BCUT2D eigenvalue weighted by Gasteiger charge is -2.34. The molecule has 2 aromatic rings. The van der Waals surface area contributed by atoms with Crippen molar-refractivity contribution in [1.82, 2.24) is 14.4 Å². The summed E-state index contributed by atoms with van der Waals surface area (Å²) in [5, 5.41) is 0. The predicted octanol–water partition coefficient (Wildman–Crippen LogP) is 4.06. The lowest BCUT2D eigenvalue weighted by Crippen LogP contribution is -2.42. The summed E-state index contributed by atoms with van der Waals surface area (Å²) in [4.78, 5) is 29.0. The molecule has 1 aromatic heterocycles. The van der Waals surface area contributed by atoms with Gasteiger partial charge in [-0.25, -0.2) is 4.79 Å². The summed E-state index contributed by atoms with van der Waals surface area (Å²) in [6.45, 7) is 7.53. The van der Waals surface area contributed by atoms with Crippen molar-refractivity contribution in [2.75, 3.05) is 26.9 Å². The molecule has 0 atom stereocenters. The van der Waals surface area contributed by atoms with Gasteiger partial charge < -0.3 is 28.6 Å². The van der Waals surface area contributed by atoms with Gasteiger partial charge >= 0.3 is 6.09 Å². The van der Waals surface area contributed by atoms with E-state index in [4.69, 9.17) is 14.2 Å². The molecule has 0 unspecified atom stereocenters. The first-order valence-electron chi connectivity index (χ1n) is 11.0. The van der Waals surface area contributed by atoms with Gasteiger partial charge in [0.15, 0.2) is 11.5 Å². The van der Waals surface area contributed by atoms with Crippen LogP contribution >= 0.6 is 0 Å². The normalized spacial score (nSPS) is 16.2. The molecule has 4 rings (SSSR count). The fourth-order valence-electron chi connectivity index (χ4n) is 4.13. The molecule has 2 amide bonds. The van der Waals surface area contributed by atoms with E-state index in [9.17, 15) is 9.59 Å². The number of nitrogens with zero attached hydrogens (tertiary/aromatic N) is 3. The molecule has 1 fully saturated rings. The first kappa shape index (κ1) is 22.0. The monoisotopic (exact) mass is 441 g/mol. The topological polar surface area (TPSA) is 73.2 Å². The van der Waals surface area contributed by atoms with Gasteiger partial charge in [0.2, 0.25) is 6.79 Å². The minimum absolute atomic E-state index is 0.0396. The quantitative estimate of drug-likeness (QED) is 0.715. The SMILES string of the molecule is CN(Cc1ccc2c(c1)OCO2)C(=O)c1cccn1C1CCN(C(=O)OC(C)(C)C)CC1. The van der Waals surface area contributed by atoms with E-state index in [1.807, 2.05) is 61.9 Å². The standard InChI is InChI=1S/C24H31N3O5/c1-24(2,3)32-23(29)26-12-9-18(10-13-26)27-11-5-6-19(27)22(28)25(4)15-17-7-8-20-21(14-17)31-16-30-20/h5-8,11,14,18H,9-10,12-13,15-16H2,1-4H3. The van der Waals surface area contributed by atoms with Crippen molar-refractivity contribution in [2.45, 2.75) is 51.8 Å². The number of ether oxygens (including phenoxy) is 3. The Morgan fingerprint density at radius 1 is 1.12 bits per heavy atom. The first-order valence-corrected chi connectivity index (χ1v) is 11.0. The van der Waals surface area contributed by atoms with Crippen molar-refractivity contribution < 1.29 is 23.8 Å². The van der Waals surface area contributed by atoms with Crippen LogP contribution in [0.2, 0.25) is 0 Å². The molecule has 1 aromatic carbocycles. The first-order chi connectivity index (χ1) is 15.2. The zero-order chi connectivity index (χ0) is 22.9. The van der Waals surface area contributed by atoms with Crippen LogP contribution in [0.3, 0.4) is 0 Å². The predicted molar refractivity (Wildman–Crippen MR) is 119 cm³/mol. The molecule has 0 saturated carbocycles. The highest BCUT2D eigenvalue weighted by atomic mass is 16.7. The molecular formula is C24H31N3O5. The second-order valence-electron chi connectivity index (χ2n) is 9.35. The Balaban J connectivity index is 1.38. The highest BCUT2D eigenvalue weighted by molar-refractivity contribution is 5.92. The molecule has 2 aliphatic rings. The number of amides is 2. The van der Waals surface area contributed by atoms with E-state index >= 15 is 0 Å². The second-order valence-corrected chi connectivity index (χ2v) is 9.35. The van der Waals surface area contributed by atoms with Crippen LogP contribution in [0.4, 0.5) is 4.79 Å². The van der Waals surface area contributed by atoms with Crippen LogP contribution in [-0.4, -0.2) is 58.9 Å². The third-order valence-electron chi connectivity index (χ3n) is 5.71. The molecule has 8 heteroatoms. The highest BCUT2D eigenvalue weighted by Crippen LogP contribution is 2.33. The molecule has 1 saturated heterocycles. The third kappa shape index (κ3) is 4.84. The maximum atomic E-state index is 13.2. The lowest BCUT2D eigenvalue weighted by molar-refractivity contribution is 0.0186. The maximum Gasteiger partial charge on any atom is 0.410 e. The minimum Gasteiger partial charge on any atom is -0.454 e. The summed E-state index contributed by atoms with van der Waals surface area (Å²) in [5.41, 5.74) is 1.13. The zero-order valence-electron chi connectivity index (χ0n) is 19.2. The van der Waals surface area contributed by atoms with Crippen molar-refractivity contribution in [3.05, 3.63) is 47.8 Å². The van der Waals surface area contributed by atoms with Gasteiger partial charge in [0.25, 0.3) is 5.91 Å².